The van der Waals surface area contributed by atoms with E-state index in [4.69, 9.17) is 4.74 Å². The number of fused-ring (bicyclic) bond motifs is 1. The van der Waals surface area contributed by atoms with Gasteiger partial charge >= 0.3 is 12.4 Å². The van der Waals surface area contributed by atoms with E-state index in [1.54, 1.807) is 42.5 Å². The van der Waals surface area contributed by atoms with Gasteiger partial charge in [-0.25, -0.2) is 4.98 Å². The quantitative estimate of drug-likeness (QED) is 0.247. The van der Waals surface area contributed by atoms with E-state index in [1.165, 1.54) is 17.6 Å². The van der Waals surface area contributed by atoms with Crippen molar-refractivity contribution in [3.63, 3.8) is 0 Å². The molecule has 0 bridgehead atoms. The molecule has 1 aliphatic heterocycles. The summed E-state index contributed by atoms with van der Waals surface area (Å²) in [6, 6.07) is 16.0. The summed E-state index contributed by atoms with van der Waals surface area (Å²) >= 11 is 0. The second-order valence-electron chi connectivity index (χ2n) is 10.6. The molecule has 12 heteroatoms. The minimum absolute atomic E-state index is 0.0288. The average molecular weight is 606 g/mol. The Morgan fingerprint density at radius 3 is 2.21 bits per heavy atom. The fourth-order valence-electron chi connectivity index (χ4n) is 5.36. The first-order chi connectivity index (χ1) is 20.3. The van der Waals surface area contributed by atoms with E-state index in [-0.39, 0.29) is 28.9 Å². The van der Waals surface area contributed by atoms with Crippen molar-refractivity contribution in [3.05, 3.63) is 99.6 Å². The van der Waals surface area contributed by atoms with Crippen molar-refractivity contribution in [2.45, 2.75) is 44.1 Å². The van der Waals surface area contributed by atoms with Crippen molar-refractivity contribution in [1.29, 1.82) is 0 Å². The molecular formula is C31H29F6N3O3. The van der Waals surface area contributed by atoms with Crippen LogP contribution in [0.2, 0.25) is 0 Å². The van der Waals surface area contributed by atoms with Crippen molar-refractivity contribution in [3.8, 4) is 11.4 Å². The molecule has 5 rings (SSSR count). The summed E-state index contributed by atoms with van der Waals surface area (Å²) in [5, 5.41) is 10.1. The summed E-state index contributed by atoms with van der Waals surface area (Å²) in [4.78, 5) is 20.9. The van der Waals surface area contributed by atoms with E-state index < -0.39 is 29.1 Å². The van der Waals surface area contributed by atoms with Crippen LogP contribution < -0.4 is 10.3 Å². The molecule has 4 aromatic rings. The Labute approximate surface area is 243 Å². The maximum atomic E-state index is 14.0. The van der Waals surface area contributed by atoms with E-state index in [2.05, 4.69) is 9.88 Å². The highest BCUT2D eigenvalue weighted by Gasteiger charge is 2.71. The summed E-state index contributed by atoms with van der Waals surface area (Å²) in [5.74, 6) is 0.657. The van der Waals surface area contributed by atoms with Gasteiger partial charge in [-0.3, -0.25) is 14.3 Å². The summed E-state index contributed by atoms with van der Waals surface area (Å²) in [7, 11) is 0. The van der Waals surface area contributed by atoms with Crippen LogP contribution in [0.5, 0.6) is 5.75 Å². The maximum absolute atomic E-state index is 14.0. The van der Waals surface area contributed by atoms with Gasteiger partial charge in [0, 0.05) is 18.5 Å². The van der Waals surface area contributed by atoms with Gasteiger partial charge in [-0.1, -0.05) is 42.5 Å². The number of nitrogens with zero attached hydrogens (tertiary/aromatic N) is 3. The van der Waals surface area contributed by atoms with Gasteiger partial charge in [0.15, 0.2) is 0 Å². The molecule has 0 saturated carbocycles. The molecule has 1 N–H and O–H groups in total. The first-order valence-corrected chi connectivity index (χ1v) is 13.7. The first kappa shape index (κ1) is 30.6. The monoisotopic (exact) mass is 605 g/mol. The summed E-state index contributed by atoms with van der Waals surface area (Å²) in [6.07, 6.45) is -9.65. The maximum Gasteiger partial charge on any atom is 0.430 e. The Morgan fingerprint density at radius 1 is 0.907 bits per heavy atom. The van der Waals surface area contributed by atoms with E-state index in [9.17, 15) is 36.2 Å². The van der Waals surface area contributed by atoms with Crippen molar-refractivity contribution < 1.29 is 36.2 Å². The third kappa shape index (κ3) is 5.98. The number of aromatic nitrogens is 2. The average Bonchev–Trinajstić information content (AvgIpc) is 3.46. The van der Waals surface area contributed by atoms with Crippen molar-refractivity contribution in [2.75, 3.05) is 26.2 Å². The van der Waals surface area contributed by atoms with Gasteiger partial charge < -0.3 is 9.84 Å². The Bertz CT molecular complexity index is 1650. The molecule has 6 nitrogen and oxygen atoms in total. The number of hydrogen-bond donors (Lipinski definition) is 1. The van der Waals surface area contributed by atoms with Gasteiger partial charge in [0.25, 0.3) is 11.2 Å². The number of alkyl halides is 6. The predicted octanol–water partition coefficient (Wildman–Crippen LogP) is 6.07. The zero-order valence-corrected chi connectivity index (χ0v) is 23.2. The lowest BCUT2D eigenvalue weighted by atomic mass is 9.90. The second kappa shape index (κ2) is 11.6. The summed E-state index contributed by atoms with van der Waals surface area (Å²) in [5.41, 5.74) is -6.00. The molecule has 0 aliphatic carbocycles. The van der Waals surface area contributed by atoms with Crippen LogP contribution in [0.25, 0.3) is 16.6 Å². The highest BCUT2D eigenvalue weighted by Crippen LogP contribution is 2.50. The summed E-state index contributed by atoms with van der Waals surface area (Å²) < 4.78 is 88.4. The zero-order chi connectivity index (χ0) is 31.0. The van der Waals surface area contributed by atoms with E-state index >= 15 is 0 Å². The largest absolute Gasteiger partial charge is 0.492 e. The molecule has 1 aromatic heterocycles. The smallest absolute Gasteiger partial charge is 0.430 e. The molecule has 3 aromatic carbocycles. The van der Waals surface area contributed by atoms with Crippen molar-refractivity contribution in [1.82, 2.24) is 14.5 Å². The lowest BCUT2D eigenvalue weighted by Gasteiger charge is -2.33. The fourth-order valence-corrected chi connectivity index (χ4v) is 5.36. The number of rotatable bonds is 8. The van der Waals surface area contributed by atoms with E-state index in [1.807, 2.05) is 0 Å². The lowest BCUT2D eigenvalue weighted by Crippen LogP contribution is -2.54. The van der Waals surface area contributed by atoms with Crippen molar-refractivity contribution >= 4 is 10.9 Å². The second-order valence-corrected chi connectivity index (χ2v) is 10.6. The van der Waals surface area contributed by atoms with Gasteiger partial charge in [0.1, 0.15) is 18.2 Å². The molecule has 43 heavy (non-hydrogen) atoms. The van der Waals surface area contributed by atoms with E-state index in [0.29, 0.717) is 30.0 Å². The molecule has 2 heterocycles. The predicted molar refractivity (Wildman–Crippen MR) is 149 cm³/mol. The third-order valence-corrected chi connectivity index (χ3v) is 7.67. The molecule has 0 amide bonds. The van der Waals surface area contributed by atoms with Gasteiger partial charge in [0.05, 0.1) is 16.6 Å². The number of ether oxygens (including phenoxy) is 1. The molecule has 1 saturated heterocycles. The topological polar surface area (TPSA) is 67.6 Å². The van der Waals surface area contributed by atoms with Crippen LogP contribution in [0, 0.1) is 6.92 Å². The van der Waals surface area contributed by atoms with Gasteiger partial charge in [-0.05, 0) is 68.2 Å². The number of likely N-dealkylation sites (tertiary alicyclic amines) is 1. The lowest BCUT2D eigenvalue weighted by molar-refractivity contribution is -0.376. The number of halogens is 6. The molecule has 0 atom stereocenters. The molecule has 1 aliphatic rings. The highest BCUT2D eigenvalue weighted by molar-refractivity contribution is 5.80. The Morgan fingerprint density at radius 2 is 1.58 bits per heavy atom. The molecule has 1 fully saturated rings. The zero-order valence-electron chi connectivity index (χ0n) is 23.2. The van der Waals surface area contributed by atoms with Crippen LogP contribution in [-0.4, -0.2) is 58.2 Å². The Hall–Kier alpha value is -3.90. The number of aryl methyl sites for hydroxylation is 1. The van der Waals surface area contributed by atoms with Crippen LogP contribution in [0.3, 0.4) is 0 Å². The van der Waals surface area contributed by atoms with Crippen LogP contribution >= 0.6 is 0 Å². The van der Waals surface area contributed by atoms with E-state index in [0.717, 1.165) is 44.1 Å². The van der Waals surface area contributed by atoms with Crippen LogP contribution in [-0.2, 0) is 12.0 Å². The minimum atomic E-state index is -6.04. The number of aliphatic hydroxyl groups is 1. The minimum Gasteiger partial charge on any atom is -0.492 e. The third-order valence-electron chi connectivity index (χ3n) is 7.67. The standard InChI is InChI=1S/C31H29F6N3O3/c1-20-17-22(29(42,30(32,33)34)31(35,36)37)9-12-26(20)40-27(18-21-7-3-2-4-8-21)38-25-11-10-23(19-24(25)28(40)41)43-16-15-39-13-5-6-14-39/h2-4,7-12,17,19,42H,5-6,13-16,18H2,1H3. The van der Waals surface area contributed by atoms with Gasteiger partial charge in [-0.2, -0.15) is 26.3 Å². The number of hydrogen-bond acceptors (Lipinski definition) is 5. The molecule has 0 spiro atoms. The molecular weight excluding hydrogens is 576 g/mol. The SMILES string of the molecule is Cc1cc(C(O)(C(F)(F)F)C(F)(F)F)ccc1-n1c(Cc2ccccc2)nc2ccc(OCCN3CCCC3)cc2c1=O. The van der Waals surface area contributed by atoms with Crippen LogP contribution in [0.4, 0.5) is 26.3 Å². The summed E-state index contributed by atoms with van der Waals surface area (Å²) in [6.45, 7) is 4.40. The van der Waals surface area contributed by atoms with Crippen LogP contribution in [0.15, 0.2) is 71.5 Å². The fraction of sp³-hybridized carbons (Fsp3) is 0.355. The Kier molecular flexibility index (Phi) is 8.28. The normalized spacial score (nSPS) is 14.9. The molecule has 228 valence electrons. The van der Waals surface area contributed by atoms with Crippen LogP contribution in [0.1, 0.15) is 35.4 Å². The van der Waals surface area contributed by atoms with Crippen molar-refractivity contribution in [2.24, 2.45) is 0 Å². The highest BCUT2D eigenvalue weighted by atomic mass is 19.4. The van der Waals surface area contributed by atoms with Gasteiger partial charge in [-0.15, -0.1) is 0 Å². The van der Waals surface area contributed by atoms with Gasteiger partial charge in [0.2, 0.25) is 0 Å². The molecule has 0 radical (unpaired) electrons. The Balaban J connectivity index is 1.60. The number of benzene rings is 3. The first-order valence-electron chi connectivity index (χ1n) is 13.7. The molecule has 0 unspecified atom stereocenters.